The summed E-state index contributed by atoms with van der Waals surface area (Å²) in [6.07, 6.45) is -0.729. The van der Waals surface area contributed by atoms with E-state index in [-0.39, 0.29) is 30.4 Å². The van der Waals surface area contributed by atoms with Gasteiger partial charge in [0.15, 0.2) is 6.10 Å². The summed E-state index contributed by atoms with van der Waals surface area (Å²) in [5.74, 6) is -0.559. The Labute approximate surface area is 143 Å². The summed E-state index contributed by atoms with van der Waals surface area (Å²) in [6, 6.07) is 3.08. The lowest BCUT2D eigenvalue weighted by molar-refractivity contribution is -0.139. The van der Waals surface area contributed by atoms with Crippen LogP contribution in [0.15, 0.2) is 22.6 Å². The first kappa shape index (κ1) is 17.5. The van der Waals surface area contributed by atoms with Crippen LogP contribution in [0, 0.1) is 11.6 Å². The van der Waals surface area contributed by atoms with Crippen LogP contribution in [0.2, 0.25) is 0 Å². The van der Waals surface area contributed by atoms with E-state index < -0.39 is 17.7 Å². The molecule has 134 valence electrons. The van der Waals surface area contributed by atoms with Crippen LogP contribution in [-0.2, 0) is 16.0 Å². The maximum Gasteiger partial charge on any atom is 0.247 e. The number of carbonyl (C=O) groups is 1. The highest BCUT2D eigenvalue weighted by Crippen LogP contribution is 2.24. The van der Waals surface area contributed by atoms with E-state index in [0.29, 0.717) is 24.9 Å². The number of halogens is 2. The summed E-state index contributed by atoms with van der Waals surface area (Å²) in [5.41, 5.74) is 0.0351. The topological polar surface area (TPSA) is 68.5 Å². The Morgan fingerprint density at radius 3 is 2.88 bits per heavy atom. The number of hydrogen-bond donors (Lipinski definition) is 0. The van der Waals surface area contributed by atoms with Gasteiger partial charge in [0, 0.05) is 18.0 Å². The number of nitrogens with zero attached hydrogens (tertiary/aromatic N) is 3. The Morgan fingerprint density at radius 1 is 1.36 bits per heavy atom. The number of aromatic nitrogens is 2. The second kappa shape index (κ2) is 7.26. The quantitative estimate of drug-likeness (QED) is 0.847. The lowest BCUT2D eigenvalue weighted by Gasteiger charge is -2.31. The van der Waals surface area contributed by atoms with E-state index in [4.69, 9.17) is 9.15 Å². The molecule has 3 rings (SSSR count). The molecule has 1 aromatic carbocycles. The Kier molecular flexibility index (Phi) is 5.08. The Bertz CT molecular complexity index is 763. The largest absolute Gasteiger partial charge is 0.422 e. The van der Waals surface area contributed by atoms with Crippen molar-refractivity contribution in [3.8, 4) is 0 Å². The van der Waals surface area contributed by atoms with Crippen molar-refractivity contribution in [3.63, 3.8) is 0 Å². The average Bonchev–Trinajstić information content (AvgIpc) is 3.09. The van der Waals surface area contributed by atoms with Crippen molar-refractivity contribution >= 4 is 5.91 Å². The van der Waals surface area contributed by atoms with Gasteiger partial charge >= 0.3 is 0 Å². The highest BCUT2D eigenvalue weighted by atomic mass is 19.1. The van der Waals surface area contributed by atoms with Gasteiger partial charge in [0.05, 0.1) is 19.6 Å². The minimum absolute atomic E-state index is 0.0351. The molecule has 1 unspecified atom stereocenters. The van der Waals surface area contributed by atoms with Crippen LogP contribution in [0.5, 0.6) is 0 Å². The zero-order valence-electron chi connectivity index (χ0n) is 14.0. The van der Waals surface area contributed by atoms with Crippen molar-refractivity contribution in [1.82, 2.24) is 15.1 Å². The third-order valence-electron chi connectivity index (χ3n) is 3.99. The van der Waals surface area contributed by atoms with E-state index in [0.717, 1.165) is 18.2 Å². The SMILES string of the molecule is CC(C)c1nnc(C2CN(C(=O)Cc3cc(F)ccc3F)CCO2)o1. The van der Waals surface area contributed by atoms with Crippen molar-refractivity contribution in [3.05, 3.63) is 47.2 Å². The minimum atomic E-state index is -0.599. The molecule has 1 fully saturated rings. The molecule has 6 nitrogen and oxygen atoms in total. The van der Waals surface area contributed by atoms with Gasteiger partial charge in [-0.2, -0.15) is 0 Å². The molecule has 0 aliphatic carbocycles. The fourth-order valence-electron chi connectivity index (χ4n) is 2.59. The molecule has 1 atom stereocenters. The molecular formula is C17H19F2N3O3. The van der Waals surface area contributed by atoms with E-state index >= 15 is 0 Å². The maximum atomic E-state index is 13.7. The molecule has 0 N–H and O–H groups in total. The summed E-state index contributed by atoms with van der Waals surface area (Å²) in [6.45, 7) is 4.78. The predicted octanol–water partition coefficient (Wildman–Crippen LogP) is 2.61. The van der Waals surface area contributed by atoms with Crippen molar-refractivity contribution in [2.24, 2.45) is 0 Å². The first-order valence-corrected chi connectivity index (χ1v) is 8.10. The van der Waals surface area contributed by atoms with E-state index in [1.807, 2.05) is 13.8 Å². The molecule has 0 bridgehead atoms. The zero-order chi connectivity index (χ0) is 18.0. The summed E-state index contributed by atoms with van der Waals surface area (Å²) < 4.78 is 38.2. The highest BCUT2D eigenvalue weighted by Gasteiger charge is 2.29. The van der Waals surface area contributed by atoms with Crippen molar-refractivity contribution < 1.29 is 22.7 Å². The lowest BCUT2D eigenvalue weighted by Crippen LogP contribution is -2.43. The molecule has 2 heterocycles. The predicted molar refractivity (Wildman–Crippen MR) is 83.7 cm³/mol. The van der Waals surface area contributed by atoms with Crippen molar-refractivity contribution in [1.29, 1.82) is 0 Å². The zero-order valence-corrected chi connectivity index (χ0v) is 14.0. The van der Waals surface area contributed by atoms with Gasteiger partial charge in [-0.15, -0.1) is 10.2 Å². The van der Waals surface area contributed by atoms with E-state index in [9.17, 15) is 13.6 Å². The third kappa shape index (κ3) is 4.01. The van der Waals surface area contributed by atoms with Crippen molar-refractivity contribution in [2.75, 3.05) is 19.7 Å². The molecule has 1 saturated heterocycles. The highest BCUT2D eigenvalue weighted by molar-refractivity contribution is 5.79. The smallest absolute Gasteiger partial charge is 0.247 e. The Balaban J connectivity index is 1.68. The fraction of sp³-hybridized carbons (Fsp3) is 0.471. The van der Waals surface area contributed by atoms with Gasteiger partial charge < -0.3 is 14.1 Å². The molecule has 8 heteroatoms. The number of carbonyl (C=O) groups excluding carboxylic acids is 1. The minimum Gasteiger partial charge on any atom is -0.422 e. The number of morpholine rings is 1. The molecule has 1 aliphatic rings. The monoisotopic (exact) mass is 351 g/mol. The Hall–Kier alpha value is -2.35. The van der Waals surface area contributed by atoms with Crippen LogP contribution in [0.25, 0.3) is 0 Å². The number of amides is 1. The third-order valence-corrected chi connectivity index (χ3v) is 3.99. The van der Waals surface area contributed by atoms with Gasteiger partial charge in [0.2, 0.25) is 17.7 Å². The van der Waals surface area contributed by atoms with Crippen LogP contribution in [0.4, 0.5) is 8.78 Å². The normalized spacial score (nSPS) is 18.0. The number of hydrogen-bond acceptors (Lipinski definition) is 5. The number of benzene rings is 1. The van der Waals surface area contributed by atoms with Gasteiger partial charge in [0.1, 0.15) is 11.6 Å². The van der Waals surface area contributed by atoms with Crippen LogP contribution < -0.4 is 0 Å². The van der Waals surface area contributed by atoms with Crippen LogP contribution in [0.1, 0.15) is 43.2 Å². The molecule has 1 aromatic heterocycles. The second-order valence-electron chi connectivity index (χ2n) is 6.24. The molecule has 0 spiro atoms. The summed E-state index contributed by atoms with van der Waals surface area (Å²) in [5, 5.41) is 7.93. The van der Waals surface area contributed by atoms with Gasteiger partial charge in [0.25, 0.3) is 0 Å². The molecule has 0 radical (unpaired) electrons. The van der Waals surface area contributed by atoms with Gasteiger partial charge in [-0.1, -0.05) is 13.8 Å². The summed E-state index contributed by atoms with van der Waals surface area (Å²) in [4.78, 5) is 14.0. The summed E-state index contributed by atoms with van der Waals surface area (Å²) >= 11 is 0. The molecule has 2 aromatic rings. The van der Waals surface area contributed by atoms with Crippen LogP contribution in [0.3, 0.4) is 0 Å². The maximum absolute atomic E-state index is 13.7. The van der Waals surface area contributed by atoms with Gasteiger partial charge in [-0.25, -0.2) is 8.78 Å². The van der Waals surface area contributed by atoms with E-state index in [1.54, 1.807) is 0 Å². The number of ether oxygens (including phenoxy) is 1. The van der Waals surface area contributed by atoms with Crippen LogP contribution in [-0.4, -0.2) is 40.7 Å². The molecular weight excluding hydrogens is 332 g/mol. The fourth-order valence-corrected chi connectivity index (χ4v) is 2.59. The molecule has 0 saturated carbocycles. The molecule has 1 amide bonds. The Morgan fingerprint density at radius 2 is 2.16 bits per heavy atom. The summed E-state index contributed by atoms with van der Waals surface area (Å²) in [7, 11) is 0. The second-order valence-corrected chi connectivity index (χ2v) is 6.24. The molecule has 25 heavy (non-hydrogen) atoms. The van der Waals surface area contributed by atoms with Crippen molar-refractivity contribution in [2.45, 2.75) is 32.3 Å². The first-order chi connectivity index (χ1) is 11.9. The van der Waals surface area contributed by atoms with E-state index in [2.05, 4.69) is 10.2 Å². The van der Waals surface area contributed by atoms with E-state index in [1.165, 1.54) is 4.90 Å². The molecule has 1 aliphatic heterocycles. The van der Waals surface area contributed by atoms with Crippen LogP contribution >= 0.6 is 0 Å². The standard InChI is InChI=1S/C17H19F2N3O3/c1-10(2)16-20-21-17(25-16)14-9-22(5-6-24-14)15(23)8-11-7-12(18)3-4-13(11)19/h3-4,7,10,14H,5-6,8-9H2,1-2H3. The average molecular weight is 351 g/mol. The number of rotatable bonds is 4. The first-order valence-electron chi connectivity index (χ1n) is 8.10. The van der Waals surface area contributed by atoms with Gasteiger partial charge in [-0.3, -0.25) is 4.79 Å². The lowest BCUT2D eigenvalue weighted by atomic mass is 10.1. The van der Waals surface area contributed by atoms with Gasteiger partial charge in [-0.05, 0) is 18.2 Å².